The van der Waals surface area contributed by atoms with Crippen molar-refractivity contribution in [2.24, 2.45) is 5.92 Å². The number of fused-ring (bicyclic) bond motifs is 1. The van der Waals surface area contributed by atoms with Crippen LogP contribution < -0.4 is 4.74 Å². The van der Waals surface area contributed by atoms with Crippen LogP contribution in [0.4, 0.5) is 4.39 Å². The minimum absolute atomic E-state index is 0.189. The number of imidazole rings is 1. The van der Waals surface area contributed by atoms with E-state index in [4.69, 9.17) is 9.84 Å². The first-order valence-corrected chi connectivity index (χ1v) is 6.71. The lowest BCUT2D eigenvalue weighted by atomic mass is 9.98. The molecule has 2 heterocycles. The first-order chi connectivity index (χ1) is 10.1. The maximum atomic E-state index is 13.8. The number of rotatable bonds is 3. The van der Waals surface area contributed by atoms with Gasteiger partial charge in [-0.15, -0.1) is 0 Å². The maximum absolute atomic E-state index is 13.8. The lowest BCUT2D eigenvalue weighted by Gasteiger charge is -2.19. The fourth-order valence-electron chi connectivity index (χ4n) is 2.60. The number of nitrogens with zero attached hydrogens (tertiary/aromatic N) is 2. The largest absolute Gasteiger partial charge is 0.494 e. The van der Waals surface area contributed by atoms with Crippen molar-refractivity contribution in [2.75, 3.05) is 7.11 Å². The van der Waals surface area contributed by atoms with Crippen molar-refractivity contribution in [3.05, 3.63) is 36.0 Å². The normalized spacial score (nSPS) is 17.3. The molecule has 6 heteroatoms. The summed E-state index contributed by atoms with van der Waals surface area (Å²) in [5.74, 6) is -0.695. The second kappa shape index (κ2) is 5.20. The fraction of sp³-hybridized carbons (Fsp3) is 0.333. The Kier molecular flexibility index (Phi) is 3.37. The molecular formula is C15H15FN2O3. The van der Waals surface area contributed by atoms with Crippen molar-refractivity contribution in [3.8, 4) is 17.0 Å². The first-order valence-electron chi connectivity index (χ1n) is 6.71. The van der Waals surface area contributed by atoms with Crippen molar-refractivity contribution in [2.45, 2.75) is 19.4 Å². The topological polar surface area (TPSA) is 64.4 Å². The molecule has 5 nitrogen and oxygen atoms in total. The predicted molar refractivity (Wildman–Crippen MR) is 73.6 cm³/mol. The quantitative estimate of drug-likeness (QED) is 0.942. The van der Waals surface area contributed by atoms with Gasteiger partial charge in [-0.1, -0.05) is 0 Å². The summed E-state index contributed by atoms with van der Waals surface area (Å²) >= 11 is 0. The zero-order valence-electron chi connectivity index (χ0n) is 11.5. The number of carbonyl (C=O) groups is 1. The van der Waals surface area contributed by atoms with Crippen molar-refractivity contribution >= 4 is 5.97 Å². The Morgan fingerprint density at radius 3 is 3.00 bits per heavy atom. The zero-order chi connectivity index (χ0) is 15.0. The molecule has 1 aromatic heterocycles. The molecule has 0 amide bonds. The summed E-state index contributed by atoms with van der Waals surface area (Å²) in [6, 6.07) is 4.68. The van der Waals surface area contributed by atoms with Gasteiger partial charge in [0.25, 0.3) is 0 Å². The van der Waals surface area contributed by atoms with Crippen LogP contribution in [0.5, 0.6) is 5.75 Å². The molecule has 0 aliphatic carbocycles. The van der Waals surface area contributed by atoms with Gasteiger partial charge in [0, 0.05) is 24.7 Å². The highest BCUT2D eigenvalue weighted by Gasteiger charge is 2.26. The molecule has 21 heavy (non-hydrogen) atoms. The van der Waals surface area contributed by atoms with E-state index >= 15 is 0 Å². The molecule has 0 saturated carbocycles. The van der Waals surface area contributed by atoms with Crippen LogP contribution in [-0.2, 0) is 17.8 Å². The Hall–Kier alpha value is -2.37. The number of hydrogen-bond donors (Lipinski definition) is 1. The van der Waals surface area contributed by atoms with Crippen LogP contribution in [0.15, 0.2) is 24.4 Å². The molecule has 1 aliphatic rings. The first kappa shape index (κ1) is 13.6. The van der Waals surface area contributed by atoms with Crippen LogP contribution in [-0.4, -0.2) is 27.7 Å². The highest BCUT2D eigenvalue weighted by Crippen LogP contribution is 2.28. The molecule has 0 bridgehead atoms. The molecular weight excluding hydrogens is 275 g/mol. The number of benzene rings is 1. The summed E-state index contributed by atoms with van der Waals surface area (Å²) in [6.07, 6.45) is 2.84. The molecule has 1 N–H and O–H groups in total. The van der Waals surface area contributed by atoms with Gasteiger partial charge in [-0.25, -0.2) is 9.37 Å². The number of methoxy groups -OCH3 is 1. The van der Waals surface area contributed by atoms with E-state index in [9.17, 15) is 9.18 Å². The number of aliphatic carboxylic acids is 1. The summed E-state index contributed by atoms with van der Waals surface area (Å²) in [6.45, 7) is 0.623. The SMILES string of the molecule is COc1ccc(-c2cn3c(n2)CC(C(=O)O)CC3)cc1F. The van der Waals surface area contributed by atoms with E-state index in [0.29, 0.717) is 30.6 Å². The van der Waals surface area contributed by atoms with Gasteiger partial charge in [-0.3, -0.25) is 4.79 Å². The smallest absolute Gasteiger partial charge is 0.307 e. The second-order valence-corrected chi connectivity index (χ2v) is 5.11. The van der Waals surface area contributed by atoms with Gasteiger partial charge in [0.1, 0.15) is 5.82 Å². The molecule has 0 spiro atoms. The van der Waals surface area contributed by atoms with E-state index in [1.165, 1.54) is 13.2 Å². The van der Waals surface area contributed by atoms with Crippen molar-refractivity contribution in [1.29, 1.82) is 0 Å². The predicted octanol–water partition coefficient (Wildman–Crippen LogP) is 2.34. The molecule has 1 aromatic carbocycles. The number of aromatic nitrogens is 2. The van der Waals surface area contributed by atoms with Gasteiger partial charge < -0.3 is 14.4 Å². The van der Waals surface area contributed by atoms with E-state index in [2.05, 4.69) is 4.98 Å². The average Bonchev–Trinajstić information content (AvgIpc) is 2.89. The van der Waals surface area contributed by atoms with Crippen LogP contribution in [0.3, 0.4) is 0 Å². The Labute approximate surface area is 121 Å². The fourth-order valence-corrected chi connectivity index (χ4v) is 2.60. The third-order valence-electron chi connectivity index (χ3n) is 3.80. The number of carboxylic acids is 1. The van der Waals surface area contributed by atoms with Crippen LogP contribution in [0.25, 0.3) is 11.3 Å². The molecule has 3 rings (SSSR count). The summed E-state index contributed by atoms with van der Waals surface area (Å²) in [5, 5.41) is 9.08. The number of hydrogen-bond acceptors (Lipinski definition) is 3. The van der Waals surface area contributed by atoms with Gasteiger partial charge in [0.05, 0.1) is 18.7 Å². The van der Waals surface area contributed by atoms with Crippen molar-refractivity contribution in [3.63, 3.8) is 0 Å². The third-order valence-corrected chi connectivity index (χ3v) is 3.80. The summed E-state index contributed by atoms with van der Waals surface area (Å²) in [4.78, 5) is 15.5. The van der Waals surface area contributed by atoms with Gasteiger partial charge in [0.2, 0.25) is 0 Å². The third kappa shape index (κ3) is 2.49. The van der Waals surface area contributed by atoms with Crippen molar-refractivity contribution in [1.82, 2.24) is 9.55 Å². The van der Waals surface area contributed by atoms with Gasteiger partial charge in [0.15, 0.2) is 11.6 Å². The highest BCUT2D eigenvalue weighted by molar-refractivity contribution is 5.70. The minimum Gasteiger partial charge on any atom is -0.494 e. The number of aryl methyl sites for hydroxylation is 1. The van der Waals surface area contributed by atoms with Crippen LogP contribution in [0, 0.1) is 11.7 Å². The summed E-state index contributed by atoms with van der Waals surface area (Å²) < 4.78 is 20.6. The molecule has 0 radical (unpaired) electrons. The Morgan fingerprint density at radius 2 is 2.33 bits per heavy atom. The monoisotopic (exact) mass is 290 g/mol. The number of ether oxygens (including phenoxy) is 1. The summed E-state index contributed by atoms with van der Waals surface area (Å²) in [7, 11) is 1.42. The molecule has 110 valence electrons. The van der Waals surface area contributed by atoms with Crippen molar-refractivity contribution < 1.29 is 19.0 Å². The lowest BCUT2D eigenvalue weighted by Crippen LogP contribution is -2.25. The standard InChI is InChI=1S/C15H15FN2O3/c1-21-13-3-2-9(6-11(13)16)12-8-18-5-4-10(15(19)20)7-14(18)17-12/h2-3,6,8,10H,4-5,7H2,1H3,(H,19,20). The highest BCUT2D eigenvalue weighted by atomic mass is 19.1. The van der Waals surface area contributed by atoms with Crippen LogP contribution in [0.1, 0.15) is 12.2 Å². The van der Waals surface area contributed by atoms with E-state index in [1.54, 1.807) is 12.1 Å². The van der Waals surface area contributed by atoms with E-state index < -0.39 is 11.8 Å². The maximum Gasteiger partial charge on any atom is 0.307 e. The van der Waals surface area contributed by atoms with Gasteiger partial charge in [-0.2, -0.15) is 0 Å². The van der Waals surface area contributed by atoms with E-state index in [0.717, 1.165) is 5.82 Å². The zero-order valence-corrected chi connectivity index (χ0v) is 11.5. The number of halogens is 1. The molecule has 1 aliphatic heterocycles. The molecule has 1 unspecified atom stereocenters. The second-order valence-electron chi connectivity index (χ2n) is 5.11. The molecule has 0 fully saturated rings. The average molecular weight is 290 g/mol. The minimum atomic E-state index is -0.790. The lowest BCUT2D eigenvalue weighted by molar-refractivity contribution is -0.142. The van der Waals surface area contributed by atoms with E-state index in [1.807, 2.05) is 10.8 Å². The molecule has 2 aromatic rings. The van der Waals surface area contributed by atoms with Gasteiger partial charge >= 0.3 is 5.97 Å². The molecule has 1 atom stereocenters. The molecule has 0 saturated heterocycles. The Morgan fingerprint density at radius 1 is 1.52 bits per heavy atom. The van der Waals surface area contributed by atoms with Crippen LogP contribution in [0.2, 0.25) is 0 Å². The van der Waals surface area contributed by atoms with Gasteiger partial charge in [-0.05, 0) is 24.6 Å². The van der Waals surface area contributed by atoms with E-state index in [-0.39, 0.29) is 11.7 Å². The Bertz CT molecular complexity index is 696. The number of carboxylic acid groups (broad SMARTS) is 1. The summed E-state index contributed by atoms with van der Waals surface area (Å²) in [5.41, 5.74) is 1.31. The Balaban J connectivity index is 1.92. The van der Waals surface area contributed by atoms with Crippen LogP contribution >= 0.6 is 0 Å².